The standard InChI is InChI=1S/C8H12O/c1-7-5-3-2-4-6-8(7)9/h2,4,7H,3,5-6H2,1H3/t7-/m1/s1. The maximum atomic E-state index is 11.0. The summed E-state index contributed by atoms with van der Waals surface area (Å²) < 4.78 is 0. The van der Waals surface area contributed by atoms with Crippen LogP contribution in [0.15, 0.2) is 12.2 Å². The zero-order valence-corrected chi connectivity index (χ0v) is 5.76. The van der Waals surface area contributed by atoms with E-state index in [-0.39, 0.29) is 0 Å². The molecule has 0 spiro atoms. The average molecular weight is 124 g/mol. The van der Waals surface area contributed by atoms with E-state index in [4.69, 9.17) is 0 Å². The number of carbonyl (C=O) groups excluding carboxylic acids is 1. The molecule has 1 aliphatic carbocycles. The van der Waals surface area contributed by atoms with Gasteiger partial charge in [0.1, 0.15) is 5.78 Å². The lowest BCUT2D eigenvalue weighted by atomic mass is 10.0. The van der Waals surface area contributed by atoms with E-state index in [9.17, 15) is 4.79 Å². The third-order valence-corrected chi connectivity index (χ3v) is 1.80. The lowest BCUT2D eigenvalue weighted by molar-refractivity contribution is -0.121. The maximum Gasteiger partial charge on any atom is 0.139 e. The number of rotatable bonds is 0. The maximum absolute atomic E-state index is 11.0. The van der Waals surface area contributed by atoms with Crippen LogP contribution in [-0.2, 0) is 4.79 Å². The summed E-state index contributed by atoms with van der Waals surface area (Å²) in [4.78, 5) is 11.0. The van der Waals surface area contributed by atoms with E-state index in [1.54, 1.807) is 0 Å². The lowest BCUT2D eigenvalue weighted by Gasteiger charge is -2.02. The smallest absolute Gasteiger partial charge is 0.139 e. The van der Waals surface area contributed by atoms with Crippen molar-refractivity contribution >= 4 is 5.78 Å². The molecule has 0 bridgehead atoms. The van der Waals surface area contributed by atoms with E-state index >= 15 is 0 Å². The Morgan fingerprint density at radius 3 is 3.11 bits per heavy atom. The minimum absolute atomic E-state index is 0.292. The van der Waals surface area contributed by atoms with Crippen molar-refractivity contribution in [3.8, 4) is 0 Å². The van der Waals surface area contributed by atoms with E-state index in [0.29, 0.717) is 18.1 Å². The fraction of sp³-hybridized carbons (Fsp3) is 0.625. The molecule has 1 rings (SSSR count). The van der Waals surface area contributed by atoms with Crippen LogP contribution >= 0.6 is 0 Å². The molecular formula is C8H12O. The van der Waals surface area contributed by atoms with Gasteiger partial charge in [0.05, 0.1) is 0 Å². The average Bonchev–Trinajstić information content (AvgIpc) is 1.99. The molecule has 0 aromatic carbocycles. The molecule has 0 saturated carbocycles. The van der Waals surface area contributed by atoms with E-state index < -0.39 is 0 Å². The third kappa shape index (κ3) is 1.67. The highest BCUT2D eigenvalue weighted by atomic mass is 16.1. The summed E-state index contributed by atoms with van der Waals surface area (Å²) in [5, 5.41) is 0. The van der Waals surface area contributed by atoms with E-state index in [1.165, 1.54) is 0 Å². The second-order valence-corrected chi connectivity index (χ2v) is 2.62. The first-order valence-corrected chi connectivity index (χ1v) is 3.48. The number of hydrogen-bond donors (Lipinski definition) is 0. The van der Waals surface area contributed by atoms with Crippen molar-refractivity contribution in [3.63, 3.8) is 0 Å². The minimum Gasteiger partial charge on any atom is -0.299 e. The van der Waals surface area contributed by atoms with Gasteiger partial charge in [0.15, 0.2) is 0 Å². The molecule has 1 heteroatoms. The summed E-state index contributed by atoms with van der Waals surface area (Å²) >= 11 is 0. The van der Waals surface area contributed by atoms with Crippen molar-refractivity contribution < 1.29 is 4.79 Å². The third-order valence-electron chi connectivity index (χ3n) is 1.80. The Balaban J connectivity index is 2.52. The molecule has 0 aromatic rings. The SMILES string of the molecule is C[C@@H]1CCC=CCC1=O. The molecule has 0 amide bonds. The normalized spacial score (nSPS) is 28.1. The van der Waals surface area contributed by atoms with Gasteiger partial charge < -0.3 is 0 Å². The van der Waals surface area contributed by atoms with Crippen LogP contribution in [0.25, 0.3) is 0 Å². The molecule has 0 unspecified atom stereocenters. The Morgan fingerprint density at radius 1 is 1.56 bits per heavy atom. The van der Waals surface area contributed by atoms with Crippen LogP contribution in [0, 0.1) is 5.92 Å². The van der Waals surface area contributed by atoms with Crippen molar-refractivity contribution in [1.82, 2.24) is 0 Å². The largest absolute Gasteiger partial charge is 0.299 e. The predicted molar refractivity (Wildman–Crippen MR) is 37.2 cm³/mol. The zero-order chi connectivity index (χ0) is 6.69. The van der Waals surface area contributed by atoms with Gasteiger partial charge in [-0.05, 0) is 12.8 Å². The molecule has 0 fully saturated rings. The van der Waals surface area contributed by atoms with Crippen LogP contribution in [0.3, 0.4) is 0 Å². The molecule has 50 valence electrons. The Kier molecular flexibility index (Phi) is 2.04. The van der Waals surface area contributed by atoms with Crippen molar-refractivity contribution in [2.24, 2.45) is 5.92 Å². The van der Waals surface area contributed by atoms with Gasteiger partial charge in [-0.25, -0.2) is 0 Å². The van der Waals surface area contributed by atoms with Gasteiger partial charge in [-0.15, -0.1) is 0 Å². The van der Waals surface area contributed by atoms with Crippen molar-refractivity contribution in [1.29, 1.82) is 0 Å². The Labute approximate surface area is 55.8 Å². The van der Waals surface area contributed by atoms with Crippen LogP contribution in [0.1, 0.15) is 26.2 Å². The second kappa shape index (κ2) is 2.81. The summed E-state index contributed by atoms with van der Waals surface area (Å²) in [5.74, 6) is 0.684. The molecule has 0 aromatic heterocycles. The molecule has 9 heavy (non-hydrogen) atoms. The first-order chi connectivity index (χ1) is 4.30. The Morgan fingerprint density at radius 2 is 2.33 bits per heavy atom. The quantitative estimate of drug-likeness (QED) is 0.451. The fourth-order valence-electron chi connectivity index (χ4n) is 1.03. The Bertz CT molecular complexity index is 136. The molecule has 0 saturated heterocycles. The van der Waals surface area contributed by atoms with Crippen LogP contribution in [0.4, 0.5) is 0 Å². The van der Waals surface area contributed by atoms with Crippen LogP contribution in [0.5, 0.6) is 0 Å². The van der Waals surface area contributed by atoms with Gasteiger partial charge in [-0.2, -0.15) is 0 Å². The molecule has 0 N–H and O–H groups in total. The van der Waals surface area contributed by atoms with Gasteiger partial charge in [-0.3, -0.25) is 4.79 Å². The van der Waals surface area contributed by atoms with Crippen molar-refractivity contribution in [3.05, 3.63) is 12.2 Å². The highest BCUT2D eigenvalue weighted by molar-refractivity contribution is 5.82. The summed E-state index contributed by atoms with van der Waals surface area (Å²) in [6.07, 6.45) is 6.84. The van der Waals surface area contributed by atoms with Gasteiger partial charge in [0.2, 0.25) is 0 Å². The molecule has 1 aliphatic rings. The van der Waals surface area contributed by atoms with Crippen molar-refractivity contribution in [2.75, 3.05) is 0 Å². The number of Topliss-reactive ketones (excluding diaryl/α,β-unsaturated/α-hetero) is 1. The number of hydrogen-bond acceptors (Lipinski definition) is 1. The molecule has 0 aliphatic heterocycles. The summed E-state index contributed by atoms with van der Waals surface area (Å²) in [6, 6.07) is 0. The van der Waals surface area contributed by atoms with Gasteiger partial charge >= 0.3 is 0 Å². The molecule has 0 radical (unpaired) electrons. The number of allylic oxidation sites excluding steroid dienone is 2. The predicted octanol–water partition coefficient (Wildman–Crippen LogP) is 1.93. The summed E-state index contributed by atoms with van der Waals surface area (Å²) in [5.41, 5.74) is 0. The van der Waals surface area contributed by atoms with Gasteiger partial charge in [-0.1, -0.05) is 19.1 Å². The highest BCUT2D eigenvalue weighted by Gasteiger charge is 2.11. The fourth-order valence-corrected chi connectivity index (χ4v) is 1.03. The second-order valence-electron chi connectivity index (χ2n) is 2.62. The number of ketones is 1. The van der Waals surface area contributed by atoms with Gasteiger partial charge in [0.25, 0.3) is 0 Å². The first kappa shape index (κ1) is 6.53. The first-order valence-electron chi connectivity index (χ1n) is 3.48. The van der Waals surface area contributed by atoms with E-state index in [0.717, 1.165) is 12.8 Å². The monoisotopic (exact) mass is 124 g/mol. The summed E-state index contributed by atoms with van der Waals surface area (Å²) in [7, 11) is 0. The van der Waals surface area contributed by atoms with Crippen LogP contribution in [-0.4, -0.2) is 5.78 Å². The minimum atomic E-state index is 0.292. The molecule has 0 heterocycles. The van der Waals surface area contributed by atoms with Gasteiger partial charge in [0, 0.05) is 12.3 Å². The lowest BCUT2D eigenvalue weighted by Crippen LogP contribution is -2.07. The van der Waals surface area contributed by atoms with E-state index in [2.05, 4.69) is 6.08 Å². The van der Waals surface area contributed by atoms with Crippen molar-refractivity contribution in [2.45, 2.75) is 26.2 Å². The van der Waals surface area contributed by atoms with Crippen LogP contribution in [0.2, 0.25) is 0 Å². The molecule has 1 nitrogen and oxygen atoms in total. The van der Waals surface area contributed by atoms with Crippen LogP contribution < -0.4 is 0 Å². The summed E-state index contributed by atoms with van der Waals surface area (Å²) in [6.45, 7) is 2.01. The molecular weight excluding hydrogens is 112 g/mol. The molecule has 1 atom stereocenters. The zero-order valence-electron chi connectivity index (χ0n) is 5.76. The van der Waals surface area contributed by atoms with E-state index in [1.807, 2.05) is 13.0 Å². The topological polar surface area (TPSA) is 17.1 Å². The number of carbonyl (C=O) groups is 1. The highest BCUT2D eigenvalue weighted by Crippen LogP contribution is 2.13. The Hall–Kier alpha value is -0.590.